The smallest absolute Gasteiger partial charge is 0.338 e. The molecule has 0 aliphatic rings. The van der Waals surface area contributed by atoms with Crippen molar-refractivity contribution in [3.63, 3.8) is 0 Å². The van der Waals surface area contributed by atoms with Gasteiger partial charge in [-0.25, -0.2) is 4.79 Å². The summed E-state index contributed by atoms with van der Waals surface area (Å²) in [6.45, 7) is 6.28. The monoisotopic (exact) mass is 477 g/mol. The van der Waals surface area contributed by atoms with Crippen LogP contribution in [0.1, 0.15) is 36.7 Å². The summed E-state index contributed by atoms with van der Waals surface area (Å²) in [7, 11) is 0. The van der Waals surface area contributed by atoms with Crippen molar-refractivity contribution in [2.75, 3.05) is 0 Å². The molecule has 4 rings (SSSR count). The molecule has 1 aromatic heterocycles. The first-order valence-electron chi connectivity index (χ1n) is 10.1. The van der Waals surface area contributed by atoms with E-state index >= 15 is 0 Å². The Bertz CT molecular complexity index is 1210. The van der Waals surface area contributed by atoms with Crippen molar-refractivity contribution in [3.8, 4) is 11.5 Å². The molecule has 0 fully saturated rings. The number of fused-ring (bicyclic) bond motifs is 1. The fourth-order valence-electron chi connectivity index (χ4n) is 3.33. The quantitative estimate of drug-likeness (QED) is 0.285. The number of hydrogen-bond donors (Lipinski definition) is 0. The lowest BCUT2D eigenvalue weighted by Gasteiger charge is -2.19. The molecule has 31 heavy (non-hydrogen) atoms. The maximum Gasteiger partial charge on any atom is 0.338 e. The first-order valence-corrected chi connectivity index (χ1v) is 10.9. The maximum atomic E-state index is 12.2. The molecule has 0 bridgehead atoms. The molecule has 1 heterocycles. The fraction of sp³-hybridized carbons (Fsp3) is 0.192. The number of carbonyl (C=O) groups excluding carboxylic acids is 1. The number of esters is 1. The van der Waals surface area contributed by atoms with E-state index in [2.05, 4.69) is 32.8 Å². The third kappa shape index (κ3) is 5.17. The molecule has 0 unspecified atom stereocenters. The zero-order valence-corrected chi connectivity index (χ0v) is 19.3. The largest absolute Gasteiger partial charge is 0.457 e. The van der Waals surface area contributed by atoms with Crippen LogP contribution in [0.2, 0.25) is 0 Å². The fourth-order valence-corrected chi connectivity index (χ4v) is 3.89. The van der Waals surface area contributed by atoms with Crippen molar-refractivity contribution in [1.29, 1.82) is 0 Å². The first-order chi connectivity index (χ1) is 14.8. The molecule has 3 aromatic carbocycles. The maximum absolute atomic E-state index is 12.2. The Morgan fingerprint density at radius 1 is 0.935 bits per heavy atom. The summed E-state index contributed by atoms with van der Waals surface area (Å²) in [6.07, 6.45) is 2.06. The zero-order valence-electron chi connectivity index (χ0n) is 17.8. The van der Waals surface area contributed by atoms with E-state index in [-0.39, 0.29) is 5.97 Å². The van der Waals surface area contributed by atoms with Gasteiger partial charge in [0.2, 0.25) is 0 Å². The molecule has 0 N–H and O–H groups in total. The van der Waals surface area contributed by atoms with E-state index in [0.717, 1.165) is 32.4 Å². The number of benzene rings is 3. The Morgan fingerprint density at radius 2 is 1.65 bits per heavy atom. The predicted molar refractivity (Wildman–Crippen MR) is 127 cm³/mol. The Morgan fingerprint density at radius 3 is 2.32 bits per heavy atom. The Kier molecular flexibility index (Phi) is 5.88. The summed E-state index contributed by atoms with van der Waals surface area (Å²) in [5, 5.41) is 1.12. The third-order valence-corrected chi connectivity index (χ3v) is 5.39. The highest BCUT2D eigenvalue weighted by Gasteiger charge is 2.17. The summed E-state index contributed by atoms with van der Waals surface area (Å²) < 4.78 is 14.6. The van der Waals surface area contributed by atoms with Crippen molar-refractivity contribution in [2.24, 2.45) is 0 Å². The van der Waals surface area contributed by atoms with Gasteiger partial charge in [-0.3, -0.25) is 0 Å². The number of nitrogens with zero attached hydrogens (tertiary/aromatic N) is 1. The lowest BCUT2D eigenvalue weighted by molar-refractivity contribution is 0.00695. The van der Waals surface area contributed by atoms with Crippen LogP contribution in [0, 0.1) is 0 Å². The van der Waals surface area contributed by atoms with Crippen molar-refractivity contribution >= 4 is 32.8 Å². The number of ether oxygens (including phenoxy) is 2. The molecule has 0 radical (unpaired) electrons. The van der Waals surface area contributed by atoms with Crippen LogP contribution in [-0.4, -0.2) is 16.1 Å². The molecule has 5 heteroatoms. The molecule has 0 spiro atoms. The van der Waals surface area contributed by atoms with Crippen molar-refractivity contribution in [1.82, 2.24) is 4.57 Å². The van der Waals surface area contributed by atoms with E-state index in [9.17, 15) is 4.79 Å². The van der Waals surface area contributed by atoms with Gasteiger partial charge in [-0.1, -0.05) is 30.3 Å². The van der Waals surface area contributed by atoms with E-state index < -0.39 is 5.60 Å². The number of halogens is 1. The van der Waals surface area contributed by atoms with Crippen LogP contribution in [0.4, 0.5) is 0 Å². The number of rotatable bonds is 5. The minimum absolute atomic E-state index is 0.308. The minimum atomic E-state index is -0.507. The molecule has 0 atom stereocenters. The van der Waals surface area contributed by atoms with E-state index in [0.29, 0.717) is 12.1 Å². The number of para-hydroxylation sites is 1. The molecule has 158 valence electrons. The number of carbonyl (C=O) groups is 1. The van der Waals surface area contributed by atoms with Crippen LogP contribution in [0.15, 0.2) is 83.5 Å². The first kappa shape index (κ1) is 21.2. The summed E-state index contributed by atoms with van der Waals surface area (Å²) in [5.41, 5.74) is 2.20. The molecule has 0 aliphatic heterocycles. The summed E-state index contributed by atoms with van der Waals surface area (Å²) in [5.74, 6) is 1.26. The SMILES string of the molecule is CC(C)(C)OC(=O)c1ccc(Cn2ccc3c(Br)cc(Oc4ccccc4)cc32)cc1. The van der Waals surface area contributed by atoms with Gasteiger partial charge in [-0.05, 0) is 78.7 Å². The third-order valence-electron chi connectivity index (χ3n) is 4.73. The summed E-state index contributed by atoms with van der Waals surface area (Å²) in [4.78, 5) is 12.2. The second-order valence-electron chi connectivity index (χ2n) is 8.40. The topological polar surface area (TPSA) is 40.5 Å². The van der Waals surface area contributed by atoms with Gasteiger partial charge < -0.3 is 14.0 Å². The van der Waals surface area contributed by atoms with E-state index in [1.54, 1.807) is 0 Å². The molecule has 0 amide bonds. The van der Waals surface area contributed by atoms with Crippen molar-refractivity contribution in [2.45, 2.75) is 32.9 Å². The van der Waals surface area contributed by atoms with Crippen molar-refractivity contribution in [3.05, 3.63) is 94.6 Å². The molecule has 4 nitrogen and oxygen atoms in total. The highest BCUT2D eigenvalue weighted by Crippen LogP contribution is 2.33. The molecule has 0 saturated carbocycles. The minimum Gasteiger partial charge on any atom is -0.457 e. The number of hydrogen-bond acceptors (Lipinski definition) is 3. The Balaban J connectivity index is 1.56. The molecular weight excluding hydrogens is 454 g/mol. The van der Waals surface area contributed by atoms with Gasteiger partial charge in [0.1, 0.15) is 17.1 Å². The Labute approximate surface area is 190 Å². The van der Waals surface area contributed by atoms with E-state index in [1.165, 1.54) is 0 Å². The van der Waals surface area contributed by atoms with E-state index in [1.807, 2.05) is 87.5 Å². The predicted octanol–water partition coefficient (Wildman–Crippen LogP) is 7.20. The van der Waals surface area contributed by atoms with Crippen molar-refractivity contribution < 1.29 is 14.3 Å². The zero-order chi connectivity index (χ0) is 22.0. The molecule has 0 saturated heterocycles. The number of aromatic nitrogens is 1. The molecular formula is C26H24BrNO3. The normalized spacial score (nSPS) is 11.5. The van der Waals surface area contributed by atoms with Gasteiger partial charge in [0.15, 0.2) is 0 Å². The lowest BCUT2D eigenvalue weighted by atomic mass is 10.1. The van der Waals surface area contributed by atoms with Crippen LogP contribution in [0.5, 0.6) is 11.5 Å². The van der Waals surface area contributed by atoms with Gasteiger partial charge in [-0.15, -0.1) is 0 Å². The van der Waals surface area contributed by atoms with Crippen LogP contribution in [0.3, 0.4) is 0 Å². The summed E-state index contributed by atoms with van der Waals surface area (Å²) >= 11 is 3.66. The van der Waals surface area contributed by atoms with Crippen LogP contribution in [0.25, 0.3) is 10.9 Å². The van der Waals surface area contributed by atoms with Gasteiger partial charge in [0.25, 0.3) is 0 Å². The standard InChI is InChI=1S/C26H24BrNO3/c1-26(2,3)31-25(29)19-11-9-18(10-12-19)17-28-14-13-22-23(27)15-21(16-24(22)28)30-20-7-5-4-6-8-20/h4-16H,17H2,1-3H3. The summed E-state index contributed by atoms with van der Waals surface area (Å²) in [6, 6.07) is 23.4. The van der Waals surface area contributed by atoms with Crippen LogP contribution < -0.4 is 4.74 Å². The van der Waals surface area contributed by atoms with E-state index in [4.69, 9.17) is 9.47 Å². The van der Waals surface area contributed by atoms with Gasteiger partial charge in [0, 0.05) is 28.7 Å². The lowest BCUT2D eigenvalue weighted by Crippen LogP contribution is -2.23. The Hall–Kier alpha value is -3.05. The second-order valence-corrected chi connectivity index (χ2v) is 9.25. The van der Waals surface area contributed by atoms with Gasteiger partial charge in [-0.2, -0.15) is 0 Å². The van der Waals surface area contributed by atoms with Crippen LogP contribution in [-0.2, 0) is 11.3 Å². The second kappa shape index (κ2) is 8.60. The molecule has 0 aliphatic carbocycles. The average molecular weight is 478 g/mol. The van der Waals surface area contributed by atoms with Gasteiger partial charge >= 0.3 is 5.97 Å². The highest BCUT2D eigenvalue weighted by molar-refractivity contribution is 9.10. The molecule has 4 aromatic rings. The van der Waals surface area contributed by atoms with Crippen LogP contribution >= 0.6 is 15.9 Å². The average Bonchev–Trinajstić information content (AvgIpc) is 3.11. The van der Waals surface area contributed by atoms with Gasteiger partial charge in [0.05, 0.1) is 11.1 Å². The highest BCUT2D eigenvalue weighted by atomic mass is 79.9.